The first-order valence-corrected chi connectivity index (χ1v) is 7.86. The predicted molar refractivity (Wildman–Crippen MR) is 76.5 cm³/mol. The summed E-state index contributed by atoms with van der Waals surface area (Å²) in [6.07, 6.45) is 2.54. The predicted octanol–water partition coefficient (Wildman–Crippen LogP) is 2.91. The van der Waals surface area contributed by atoms with Crippen LogP contribution in [0.2, 0.25) is 0 Å². The molecule has 0 aromatic carbocycles. The van der Waals surface area contributed by atoms with E-state index in [4.69, 9.17) is 4.42 Å². The molecule has 1 aliphatic rings. The van der Waals surface area contributed by atoms with Gasteiger partial charge >= 0.3 is 0 Å². The number of carbonyl (C=O) groups excluding carboxylic acids is 1. The van der Waals surface area contributed by atoms with Gasteiger partial charge in [0.25, 0.3) is 0 Å². The third kappa shape index (κ3) is 2.60. The first-order valence-electron chi connectivity index (χ1n) is 6.91. The Bertz CT molecular complexity index is 579. The summed E-state index contributed by atoms with van der Waals surface area (Å²) in [4.78, 5) is 13.7. The number of piperidine rings is 1. The number of likely N-dealkylation sites (tertiary alicyclic amines) is 1. The van der Waals surface area contributed by atoms with E-state index in [0.29, 0.717) is 24.7 Å². The maximum absolute atomic E-state index is 11.8. The van der Waals surface area contributed by atoms with Crippen LogP contribution in [0.1, 0.15) is 38.0 Å². The molecule has 5 nitrogen and oxygen atoms in total. The van der Waals surface area contributed by atoms with Crippen LogP contribution in [0.3, 0.4) is 0 Å². The molecule has 6 heteroatoms. The number of aromatic nitrogens is 2. The van der Waals surface area contributed by atoms with Crippen LogP contribution in [-0.4, -0.2) is 34.1 Å². The quantitative estimate of drug-likeness (QED) is 0.872. The van der Waals surface area contributed by atoms with Crippen LogP contribution in [0.5, 0.6) is 0 Å². The largest absolute Gasteiger partial charge is 0.420 e. The number of thiophene rings is 1. The molecule has 20 heavy (non-hydrogen) atoms. The second-order valence-electron chi connectivity index (χ2n) is 4.99. The van der Waals surface area contributed by atoms with Crippen LogP contribution >= 0.6 is 11.3 Å². The van der Waals surface area contributed by atoms with Crippen LogP contribution in [0.4, 0.5) is 0 Å². The minimum absolute atomic E-state index is 0.166. The van der Waals surface area contributed by atoms with E-state index in [2.05, 4.69) is 10.2 Å². The van der Waals surface area contributed by atoms with Crippen molar-refractivity contribution in [2.24, 2.45) is 0 Å². The van der Waals surface area contributed by atoms with Crippen molar-refractivity contribution in [3.63, 3.8) is 0 Å². The Balaban J connectivity index is 1.74. The minimum atomic E-state index is 0.166. The molecule has 0 saturated carbocycles. The molecule has 1 amide bonds. The van der Waals surface area contributed by atoms with Gasteiger partial charge in [-0.25, -0.2) is 0 Å². The Kier molecular flexibility index (Phi) is 3.82. The van der Waals surface area contributed by atoms with Crippen molar-refractivity contribution < 1.29 is 9.21 Å². The second kappa shape index (κ2) is 5.75. The molecule has 0 aliphatic carbocycles. The third-order valence-corrected chi connectivity index (χ3v) is 4.32. The van der Waals surface area contributed by atoms with Crippen LogP contribution in [0.15, 0.2) is 21.2 Å². The highest BCUT2D eigenvalue weighted by molar-refractivity contribution is 7.08. The summed E-state index contributed by atoms with van der Waals surface area (Å²) in [5, 5.41) is 12.3. The maximum atomic E-state index is 11.8. The molecule has 0 radical (unpaired) electrons. The van der Waals surface area contributed by atoms with Gasteiger partial charge in [0.15, 0.2) is 0 Å². The van der Waals surface area contributed by atoms with E-state index in [1.807, 2.05) is 28.7 Å². The van der Waals surface area contributed by atoms with Gasteiger partial charge in [-0.15, -0.1) is 10.2 Å². The van der Waals surface area contributed by atoms with Crippen molar-refractivity contribution in [2.75, 3.05) is 13.1 Å². The number of hydrogen-bond donors (Lipinski definition) is 0. The topological polar surface area (TPSA) is 59.2 Å². The van der Waals surface area contributed by atoms with Gasteiger partial charge in [-0.05, 0) is 24.3 Å². The SMILES string of the molecule is CCC(=O)N1CCCC(c2nnc(-c3ccsc3)o2)C1. The molecule has 3 rings (SSSR count). The Hall–Kier alpha value is -1.69. The van der Waals surface area contributed by atoms with Crippen molar-refractivity contribution in [3.05, 3.63) is 22.7 Å². The van der Waals surface area contributed by atoms with Gasteiger partial charge in [-0.2, -0.15) is 11.3 Å². The van der Waals surface area contributed by atoms with Gasteiger partial charge in [-0.3, -0.25) is 4.79 Å². The van der Waals surface area contributed by atoms with E-state index in [1.165, 1.54) is 0 Å². The fourth-order valence-corrected chi connectivity index (χ4v) is 3.16. The van der Waals surface area contributed by atoms with E-state index >= 15 is 0 Å². The van der Waals surface area contributed by atoms with Crippen LogP contribution in [-0.2, 0) is 4.79 Å². The molecule has 0 spiro atoms. The molecule has 0 N–H and O–H groups in total. The summed E-state index contributed by atoms with van der Waals surface area (Å²) in [5.41, 5.74) is 0.964. The Morgan fingerprint density at radius 1 is 1.55 bits per heavy atom. The molecule has 3 heterocycles. The lowest BCUT2D eigenvalue weighted by Gasteiger charge is -2.30. The summed E-state index contributed by atoms with van der Waals surface area (Å²) < 4.78 is 5.78. The van der Waals surface area contributed by atoms with E-state index in [1.54, 1.807) is 11.3 Å². The van der Waals surface area contributed by atoms with E-state index < -0.39 is 0 Å². The number of carbonyl (C=O) groups is 1. The molecule has 1 aliphatic heterocycles. The number of amides is 1. The number of rotatable bonds is 3. The highest BCUT2D eigenvalue weighted by Crippen LogP contribution is 2.29. The van der Waals surface area contributed by atoms with Gasteiger partial charge < -0.3 is 9.32 Å². The zero-order chi connectivity index (χ0) is 13.9. The summed E-state index contributed by atoms with van der Waals surface area (Å²) in [5.74, 6) is 1.59. The monoisotopic (exact) mass is 291 g/mol. The molecule has 1 saturated heterocycles. The fraction of sp³-hybridized carbons (Fsp3) is 0.500. The van der Waals surface area contributed by atoms with Gasteiger partial charge in [0.1, 0.15) is 0 Å². The smallest absolute Gasteiger partial charge is 0.248 e. The van der Waals surface area contributed by atoms with E-state index in [0.717, 1.165) is 24.9 Å². The average molecular weight is 291 g/mol. The van der Waals surface area contributed by atoms with Gasteiger partial charge in [0.05, 0.1) is 5.92 Å². The van der Waals surface area contributed by atoms with Crippen molar-refractivity contribution in [3.8, 4) is 11.5 Å². The molecular weight excluding hydrogens is 274 g/mol. The second-order valence-corrected chi connectivity index (χ2v) is 5.77. The molecule has 2 aromatic heterocycles. The molecule has 1 atom stereocenters. The molecule has 1 fully saturated rings. The van der Waals surface area contributed by atoms with Crippen LogP contribution in [0.25, 0.3) is 11.5 Å². The zero-order valence-corrected chi connectivity index (χ0v) is 12.2. The maximum Gasteiger partial charge on any atom is 0.248 e. The lowest BCUT2D eigenvalue weighted by atomic mass is 9.98. The first-order chi connectivity index (χ1) is 9.78. The van der Waals surface area contributed by atoms with Gasteiger partial charge in [0.2, 0.25) is 17.7 Å². The summed E-state index contributed by atoms with van der Waals surface area (Å²) >= 11 is 1.61. The molecule has 0 bridgehead atoms. The third-order valence-electron chi connectivity index (χ3n) is 3.63. The van der Waals surface area contributed by atoms with Crippen LogP contribution < -0.4 is 0 Å². The average Bonchev–Trinajstić information content (AvgIpc) is 3.17. The van der Waals surface area contributed by atoms with E-state index in [-0.39, 0.29) is 11.8 Å². The summed E-state index contributed by atoms with van der Waals surface area (Å²) in [6.45, 7) is 3.43. The normalized spacial score (nSPS) is 19.2. The molecule has 1 unspecified atom stereocenters. The molecule has 106 valence electrons. The lowest BCUT2D eigenvalue weighted by Crippen LogP contribution is -2.38. The highest BCUT2D eigenvalue weighted by Gasteiger charge is 2.27. The lowest BCUT2D eigenvalue weighted by molar-refractivity contribution is -0.132. The van der Waals surface area contributed by atoms with Crippen molar-refractivity contribution in [2.45, 2.75) is 32.1 Å². The van der Waals surface area contributed by atoms with E-state index in [9.17, 15) is 4.79 Å². The van der Waals surface area contributed by atoms with Crippen molar-refractivity contribution in [1.29, 1.82) is 0 Å². The number of hydrogen-bond acceptors (Lipinski definition) is 5. The Morgan fingerprint density at radius 2 is 2.45 bits per heavy atom. The highest BCUT2D eigenvalue weighted by atomic mass is 32.1. The van der Waals surface area contributed by atoms with Crippen LogP contribution in [0, 0.1) is 0 Å². The number of nitrogens with zero attached hydrogens (tertiary/aromatic N) is 3. The zero-order valence-electron chi connectivity index (χ0n) is 11.4. The van der Waals surface area contributed by atoms with Gasteiger partial charge in [0, 0.05) is 30.5 Å². The van der Waals surface area contributed by atoms with Crippen molar-refractivity contribution >= 4 is 17.2 Å². The Labute approximate surface area is 121 Å². The standard InChI is InChI=1S/C14H17N3O2S/c1-2-12(18)17-6-3-4-10(8-17)13-15-16-14(19-13)11-5-7-20-9-11/h5,7,9-10H,2-4,6,8H2,1H3. The minimum Gasteiger partial charge on any atom is -0.420 e. The first kappa shape index (κ1) is 13.3. The van der Waals surface area contributed by atoms with Crippen molar-refractivity contribution in [1.82, 2.24) is 15.1 Å². The summed E-state index contributed by atoms with van der Waals surface area (Å²) in [7, 11) is 0. The molecule has 2 aromatic rings. The molecular formula is C14H17N3O2S. The Morgan fingerprint density at radius 3 is 3.20 bits per heavy atom. The van der Waals surface area contributed by atoms with Gasteiger partial charge in [-0.1, -0.05) is 6.92 Å². The fourth-order valence-electron chi connectivity index (χ4n) is 2.53. The summed E-state index contributed by atoms with van der Waals surface area (Å²) in [6, 6.07) is 1.97.